The minimum Gasteiger partial charge on any atom is -0.458 e. The summed E-state index contributed by atoms with van der Waals surface area (Å²) in [7, 11) is 0. The van der Waals surface area contributed by atoms with E-state index in [4.69, 9.17) is 20.9 Å². The number of aromatic nitrogens is 1. The van der Waals surface area contributed by atoms with E-state index in [2.05, 4.69) is 4.98 Å². The number of primary amides is 1. The molecule has 0 spiro atoms. The average molecular weight is 528 g/mol. The zero-order chi connectivity index (χ0) is 27.4. The van der Waals surface area contributed by atoms with Crippen molar-refractivity contribution in [2.24, 2.45) is 17.4 Å². The summed E-state index contributed by atoms with van der Waals surface area (Å²) < 4.78 is 25.1. The van der Waals surface area contributed by atoms with Crippen LogP contribution in [0.3, 0.4) is 0 Å². The van der Waals surface area contributed by atoms with Crippen molar-refractivity contribution in [3.05, 3.63) is 42.3 Å². The van der Waals surface area contributed by atoms with Gasteiger partial charge in [-0.2, -0.15) is 0 Å². The van der Waals surface area contributed by atoms with Gasteiger partial charge in [-0.25, -0.2) is 14.2 Å². The number of anilines is 2. The summed E-state index contributed by atoms with van der Waals surface area (Å²) in [6.45, 7) is 1.71. The number of hydrogen-bond acceptors (Lipinski definition) is 9. The van der Waals surface area contributed by atoms with Gasteiger partial charge in [0.15, 0.2) is 5.78 Å². The van der Waals surface area contributed by atoms with Crippen molar-refractivity contribution in [1.82, 2.24) is 4.98 Å². The number of ether oxygens (including phenoxy) is 2. The molecular formula is C26H30FN5O6. The first-order valence-electron chi connectivity index (χ1n) is 12.3. The Hall–Kier alpha value is -4.06. The first-order chi connectivity index (χ1) is 18.1. The van der Waals surface area contributed by atoms with E-state index in [9.17, 15) is 19.2 Å². The average Bonchev–Trinajstić information content (AvgIpc) is 3.26. The molecule has 2 aromatic rings. The summed E-state index contributed by atoms with van der Waals surface area (Å²) in [5.74, 6) is -1.35. The second-order valence-electron chi connectivity index (χ2n) is 9.42. The number of piperidine rings is 1. The summed E-state index contributed by atoms with van der Waals surface area (Å²) in [6, 6.07) is 7.92. The van der Waals surface area contributed by atoms with Crippen LogP contribution in [0.25, 0.3) is 11.1 Å². The summed E-state index contributed by atoms with van der Waals surface area (Å²) in [6.07, 6.45) is 1.36. The van der Waals surface area contributed by atoms with Gasteiger partial charge in [0.2, 0.25) is 5.91 Å². The predicted octanol–water partition coefficient (Wildman–Crippen LogP) is 2.11. The summed E-state index contributed by atoms with van der Waals surface area (Å²) >= 11 is 0. The molecule has 4 rings (SSSR count). The Morgan fingerprint density at radius 1 is 1.24 bits per heavy atom. The minimum absolute atomic E-state index is 0.0964. The first kappa shape index (κ1) is 27.0. The van der Waals surface area contributed by atoms with Crippen LogP contribution in [0.5, 0.6) is 0 Å². The summed E-state index contributed by atoms with van der Waals surface area (Å²) in [5.41, 5.74) is 12.7. The first-order valence-corrected chi connectivity index (χ1v) is 12.3. The Morgan fingerprint density at radius 2 is 2.03 bits per heavy atom. The number of benzene rings is 1. The van der Waals surface area contributed by atoms with Crippen molar-refractivity contribution in [2.75, 3.05) is 29.5 Å². The van der Waals surface area contributed by atoms with Gasteiger partial charge < -0.3 is 25.8 Å². The predicted molar refractivity (Wildman–Crippen MR) is 135 cm³/mol. The molecule has 0 radical (unpaired) electrons. The molecular weight excluding hydrogens is 497 g/mol. The molecule has 12 heteroatoms. The fourth-order valence-corrected chi connectivity index (χ4v) is 4.67. The third-order valence-electron chi connectivity index (χ3n) is 6.72. The molecule has 2 aliphatic heterocycles. The summed E-state index contributed by atoms with van der Waals surface area (Å²) in [4.78, 5) is 54.1. The number of carbonyl (C=O) groups excluding carboxylic acids is 4. The van der Waals surface area contributed by atoms with E-state index in [1.807, 2.05) is 4.90 Å². The molecule has 2 fully saturated rings. The highest BCUT2D eigenvalue weighted by molar-refractivity contribution is 5.90. The van der Waals surface area contributed by atoms with Gasteiger partial charge >= 0.3 is 12.1 Å². The molecule has 3 heterocycles. The molecule has 4 N–H and O–H groups in total. The van der Waals surface area contributed by atoms with Gasteiger partial charge in [-0.3, -0.25) is 19.3 Å². The van der Waals surface area contributed by atoms with Crippen LogP contribution < -0.4 is 21.3 Å². The van der Waals surface area contributed by atoms with E-state index >= 15 is 4.39 Å². The zero-order valence-corrected chi connectivity index (χ0v) is 21.0. The lowest BCUT2D eigenvalue weighted by Gasteiger charge is -2.37. The Labute approximate surface area is 218 Å². The van der Waals surface area contributed by atoms with Gasteiger partial charge in [0.05, 0.1) is 18.4 Å². The van der Waals surface area contributed by atoms with Gasteiger partial charge in [-0.05, 0) is 49.6 Å². The van der Waals surface area contributed by atoms with E-state index in [0.29, 0.717) is 48.4 Å². The van der Waals surface area contributed by atoms with E-state index in [-0.39, 0.29) is 31.3 Å². The van der Waals surface area contributed by atoms with Gasteiger partial charge in [0, 0.05) is 43.1 Å². The van der Waals surface area contributed by atoms with E-state index in [1.54, 1.807) is 30.5 Å². The molecule has 1 aromatic carbocycles. The number of nitrogens with zero attached hydrogens (tertiary/aromatic N) is 3. The number of halogens is 1. The maximum atomic E-state index is 15.1. The van der Waals surface area contributed by atoms with Gasteiger partial charge in [0.1, 0.15) is 24.3 Å². The number of nitrogens with two attached hydrogens (primary N) is 2. The largest absolute Gasteiger partial charge is 0.458 e. The fourth-order valence-electron chi connectivity index (χ4n) is 4.67. The van der Waals surface area contributed by atoms with Gasteiger partial charge in [-0.1, -0.05) is 0 Å². The highest BCUT2D eigenvalue weighted by Crippen LogP contribution is 2.31. The molecule has 0 aliphatic carbocycles. The lowest BCUT2D eigenvalue weighted by molar-refractivity contribution is -0.147. The Kier molecular flexibility index (Phi) is 8.20. The third kappa shape index (κ3) is 6.25. The van der Waals surface area contributed by atoms with Crippen LogP contribution in [-0.2, 0) is 23.9 Å². The zero-order valence-electron chi connectivity index (χ0n) is 21.0. The van der Waals surface area contributed by atoms with Crippen LogP contribution in [0, 0.1) is 11.7 Å². The molecule has 11 nitrogen and oxygen atoms in total. The molecule has 0 bridgehead atoms. The maximum absolute atomic E-state index is 15.1. The maximum Gasteiger partial charge on any atom is 0.414 e. The minimum atomic E-state index is -0.606. The number of pyridine rings is 1. The van der Waals surface area contributed by atoms with Crippen LogP contribution in [0.2, 0.25) is 0 Å². The smallest absolute Gasteiger partial charge is 0.414 e. The molecule has 2 aliphatic rings. The van der Waals surface area contributed by atoms with Crippen molar-refractivity contribution in [1.29, 1.82) is 0 Å². The van der Waals surface area contributed by atoms with Crippen LogP contribution in [0.1, 0.15) is 32.6 Å². The SMILES string of the molecule is CC(=O)OCC(=O)C1CCN(c2ccc(-c3ccc(N4CC(CCC(N)=O)OC4=O)cc3F)cn2)C(N)C1. The number of esters is 1. The standard InChI is InChI=1S/C26H30FN5O6/c1-15(33)37-14-22(34)16-8-9-31(23(28)10-16)25-7-2-17(12-30-25)20-5-3-18(11-21(20)27)32-13-19(38-26(32)36)4-6-24(29)35/h2-3,5,7,11-12,16,19,23H,4,6,8-10,13-14,28H2,1H3,(H2,29,35). The molecule has 3 atom stereocenters. The number of rotatable bonds is 9. The molecule has 3 unspecified atom stereocenters. The Morgan fingerprint density at radius 3 is 2.66 bits per heavy atom. The number of ketones is 1. The topological polar surface area (TPSA) is 158 Å². The number of Topliss-reactive ketones (excluding diaryl/α,β-unsaturated/α-hetero) is 1. The van der Waals surface area contributed by atoms with Gasteiger partial charge in [0.25, 0.3) is 0 Å². The highest BCUT2D eigenvalue weighted by Gasteiger charge is 2.33. The molecule has 2 saturated heterocycles. The molecule has 202 valence electrons. The van der Waals surface area contributed by atoms with Crippen LogP contribution in [-0.4, -0.2) is 60.7 Å². The monoisotopic (exact) mass is 527 g/mol. The van der Waals surface area contributed by atoms with E-state index < -0.39 is 36.1 Å². The quantitative estimate of drug-likeness (QED) is 0.466. The summed E-state index contributed by atoms with van der Waals surface area (Å²) in [5, 5.41) is 0. The van der Waals surface area contributed by atoms with Crippen molar-refractivity contribution >= 4 is 35.3 Å². The van der Waals surface area contributed by atoms with Crippen molar-refractivity contribution in [2.45, 2.75) is 44.9 Å². The lowest BCUT2D eigenvalue weighted by Crippen LogP contribution is -2.50. The molecule has 38 heavy (non-hydrogen) atoms. The van der Waals surface area contributed by atoms with Crippen LogP contribution in [0.4, 0.5) is 20.7 Å². The molecule has 1 aromatic heterocycles. The number of amides is 2. The van der Waals surface area contributed by atoms with Crippen molar-refractivity contribution in [3.8, 4) is 11.1 Å². The Balaban J connectivity index is 1.39. The third-order valence-corrected chi connectivity index (χ3v) is 6.72. The van der Waals surface area contributed by atoms with Crippen molar-refractivity contribution < 1.29 is 33.0 Å². The van der Waals surface area contributed by atoms with Crippen molar-refractivity contribution in [3.63, 3.8) is 0 Å². The van der Waals surface area contributed by atoms with Crippen LogP contribution in [0.15, 0.2) is 36.5 Å². The lowest BCUT2D eigenvalue weighted by atomic mass is 9.91. The number of hydrogen-bond donors (Lipinski definition) is 2. The van der Waals surface area contributed by atoms with E-state index in [1.165, 1.54) is 17.9 Å². The number of carbonyl (C=O) groups is 4. The Bertz CT molecular complexity index is 1220. The normalized spacial score (nSPS) is 21.2. The fraction of sp³-hybridized carbons (Fsp3) is 0.423. The number of cyclic esters (lactones) is 1. The van der Waals surface area contributed by atoms with Gasteiger partial charge in [-0.15, -0.1) is 0 Å². The van der Waals surface area contributed by atoms with Crippen LogP contribution >= 0.6 is 0 Å². The van der Waals surface area contributed by atoms with E-state index in [0.717, 1.165) is 0 Å². The second-order valence-corrected chi connectivity index (χ2v) is 9.42. The second kappa shape index (κ2) is 11.5. The molecule has 2 amide bonds. The molecule has 0 saturated carbocycles. The highest BCUT2D eigenvalue weighted by atomic mass is 19.1.